The lowest BCUT2D eigenvalue weighted by atomic mass is 9.91. The molecule has 1 fully saturated rings. The lowest BCUT2D eigenvalue weighted by Crippen LogP contribution is -2.63. The van der Waals surface area contributed by atoms with Crippen molar-refractivity contribution in [1.29, 1.82) is 0 Å². The number of nitrogens with one attached hydrogen (secondary N) is 1. The average molecular weight is 578 g/mol. The number of hydrogen-bond acceptors (Lipinski definition) is 8. The van der Waals surface area contributed by atoms with Crippen LogP contribution in [0.2, 0.25) is 0 Å². The maximum absolute atomic E-state index is 14.1. The van der Waals surface area contributed by atoms with Crippen LogP contribution in [-0.4, -0.2) is 73.4 Å². The van der Waals surface area contributed by atoms with Gasteiger partial charge in [0, 0.05) is 20.5 Å². The number of halogens is 1. The second-order valence-corrected chi connectivity index (χ2v) is 12.9. The summed E-state index contributed by atoms with van der Waals surface area (Å²) in [6.45, 7) is 6.77. The zero-order chi connectivity index (χ0) is 29.9. The first kappa shape index (κ1) is 31.0. The summed E-state index contributed by atoms with van der Waals surface area (Å²) in [5, 5.41) is 3.01. The Morgan fingerprint density at radius 3 is 2.10 bits per heavy atom. The summed E-state index contributed by atoms with van der Waals surface area (Å²) < 4.78 is 53.3. The number of benzene rings is 2. The number of carbonyl (C=O) groups excluding carboxylic acids is 3. The Labute approximate surface area is 234 Å². The fourth-order valence-electron chi connectivity index (χ4n) is 4.26. The van der Waals surface area contributed by atoms with E-state index in [9.17, 15) is 27.2 Å². The fraction of sp³-hybridized carbons (Fsp3) is 0.464. The van der Waals surface area contributed by atoms with E-state index in [0.717, 1.165) is 24.3 Å². The molecular weight excluding hydrogens is 541 g/mol. The third-order valence-electron chi connectivity index (χ3n) is 6.24. The van der Waals surface area contributed by atoms with Gasteiger partial charge in [-0.2, -0.15) is 0 Å². The predicted molar refractivity (Wildman–Crippen MR) is 146 cm³/mol. The minimum atomic E-state index is -4.67. The number of carbonyl (C=O) groups is 3. The Bertz CT molecular complexity index is 1330. The van der Waals surface area contributed by atoms with E-state index in [1.807, 2.05) is 0 Å². The summed E-state index contributed by atoms with van der Waals surface area (Å²) in [7, 11) is -1.59. The summed E-state index contributed by atoms with van der Waals surface area (Å²) in [5.74, 6) is -2.16. The van der Waals surface area contributed by atoms with Crippen molar-refractivity contribution >= 4 is 28.0 Å². The Kier molecular flexibility index (Phi) is 9.25. The predicted octanol–water partition coefficient (Wildman–Crippen LogP) is 3.50. The summed E-state index contributed by atoms with van der Waals surface area (Å²) in [4.78, 5) is 40.6. The molecule has 12 heteroatoms. The molecule has 1 aliphatic rings. The van der Waals surface area contributed by atoms with Crippen LogP contribution in [0.5, 0.6) is 5.75 Å². The van der Waals surface area contributed by atoms with Crippen molar-refractivity contribution in [3.63, 3.8) is 0 Å². The summed E-state index contributed by atoms with van der Waals surface area (Å²) in [6.07, 6.45) is 0.197. The lowest BCUT2D eigenvalue weighted by Gasteiger charge is -2.41. The first-order valence-electron chi connectivity index (χ1n) is 12.8. The molecule has 0 unspecified atom stereocenters. The molecule has 2 aromatic carbocycles. The quantitative estimate of drug-likeness (QED) is 0.473. The zero-order valence-corrected chi connectivity index (χ0v) is 24.4. The summed E-state index contributed by atoms with van der Waals surface area (Å²) >= 11 is 0. The summed E-state index contributed by atoms with van der Waals surface area (Å²) in [6, 6.07) is 9.36. The van der Waals surface area contributed by atoms with Crippen LogP contribution >= 0.6 is 0 Å². The van der Waals surface area contributed by atoms with Gasteiger partial charge in [-0.3, -0.25) is 4.79 Å². The van der Waals surface area contributed by atoms with E-state index in [0.29, 0.717) is 29.3 Å². The number of amides is 2. The molecule has 1 heterocycles. The van der Waals surface area contributed by atoms with Gasteiger partial charge in [0.15, 0.2) is 5.54 Å². The minimum absolute atomic E-state index is 0.239. The molecule has 40 heavy (non-hydrogen) atoms. The first-order chi connectivity index (χ1) is 18.5. The average Bonchev–Trinajstić information content (AvgIpc) is 3.39. The van der Waals surface area contributed by atoms with E-state index in [2.05, 4.69) is 5.32 Å². The zero-order valence-electron chi connectivity index (χ0n) is 23.6. The fourth-order valence-corrected chi connectivity index (χ4v) is 5.98. The molecule has 2 atom stereocenters. The number of esters is 1. The van der Waals surface area contributed by atoms with Crippen molar-refractivity contribution in [2.75, 3.05) is 20.6 Å². The highest BCUT2D eigenvalue weighted by Gasteiger charge is 2.53. The van der Waals surface area contributed by atoms with Gasteiger partial charge in [-0.05, 0) is 89.0 Å². The van der Waals surface area contributed by atoms with Crippen molar-refractivity contribution in [3.8, 4) is 5.75 Å². The van der Waals surface area contributed by atoms with Crippen LogP contribution in [0.25, 0.3) is 0 Å². The van der Waals surface area contributed by atoms with E-state index in [1.165, 1.54) is 38.1 Å². The van der Waals surface area contributed by atoms with Crippen LogP contribution in [0.4, 0.5) is 9.18 Å². The smallest absolute Gasteiger partial charge is 0.414 e. The largest absolute Gasteiger partial charge is 0.458 e. The number of rotatable bonds is 8. The molecular formula is C28H36FN3O7S. The van der Waals surface area contributed by atoms with E-state index >= 15 is 0 Å². The van der Waals surface area contributed by atoms with E-state index in [4.69, 9.17) is 9.47 Å². The molecule has 2 aromatic rings. The third-order valence-corrected chi connectivity index (χ3v) is 8.17. The molecule has 3 rings (SSSR count). The molecule has 1 N–H and O–H groups in total. The Morgan fingerprint density at radius 2 is 1.60 bits per heavy atom. The van der Waals surface area contributed by atoms with Crippen molar-refractivity contribution in [3.05, 3.63) is 59.9 Å². The molecule has 2 amide bonds. The number of hydrogen-bond donors (Lipinski definition) is 1. The van der Waals surface area contributed by atoms with Gasteiger partial charge >= 0.3 is 12.1 Å². The summed E-state index contributed by atoms with van der Waals surface area (Å²) in [5.41, 5.74) is -2.56. The number of ether oxygens (including phenoxy) is 2. The van der Waals surface area contributed by atoms with Crippen molar-refractivity contribution < 1.29 is 36.7 Å². The second-order valence-electron chi connectivity index (χ2n) is 11.1. The second kappa shape index (κ2) is 11.9. The van der Waals surface area contributed by atoms with Crippen LogP contribution in [-0.2, 0) is 30.8 Å². The maximum atomic E-state index is 14.1. The van der Waals surface area contributed by atoms with Crippen LogP contribution in [0.15, 0.2) is 53.4 Å². The molecule has 0 aliphatic carbocycles. The van der Waals surface area contributed by atoms with Gasteiger partial charge in [-0.25, -0.2) is 26.7 Å². The SMILES string of the molecule is CN(C)C(=O)Oc1ccc(C[C@@](C)(C(=O)OC(C)(C)C)N(C(=O)[C@@H]2CCCN2)S(=O)(=O)c2ccc(F)cc2)cc1. The van der Waals surface area contributed by atoms with Gasteiger partial charge in [0.25, 0.3) is 15.9 Å². The topological polar surface area (TPSA) is 122 Å². The minimum Gasteiger partial charge on any atom is -0.458 e. The first-order valence-corrected chi connectivity index (χ1v) is 14.3. The molecule has 0 saturated carbocycles. The molecule has 1 saturated heterocycles. The lowest BCUT2D eigenvalue weighted by molar-refractivity contribution is -0.169. The van der Waals surface area contributed by atoms with Gasteiger partial charge in [-0.1, -0.05) is 12.1 Å². The highest BCUT2D eigenvalue weighted by Crippen LogP contribution is 2.33. The molecule has 0 aromatic heterocycles. The van der Waals surface area contributed by atoms with Gasteiger partial charge in [0.1, 0.15) is 17.2 Å². The molecule has 1 aliphatic heterocycles. The van der Waals surface area contributed by atoms with Gasteiger partial charge < -0.3 is 19.7 Å². The van der Waals surface area contributed by atoms with Gasteiger partial charge in [-0.15, -0.1) is 0 Å². The van der Waals surface area contributed by atoms with Crippen molar-refractivity contribution in [1.82, 2.24) is 14.5 Å². The molecule has 218 valence electrons. The highest BCUT2D eigenvalue weighted by atomic mass is 32.2. The molecule has 0 bridgehead atoms. The van der Waals surface area contributed by atoms with E-state index < -0.39 is 51.0 Å². The Balaban J connectivity index is 2.13. The van der Waals surface area contributed by atoms with Crippen LogP contribution in [0.1, 0.15) is 46.1 Å². The van der Waals surface area contributed by atoms with Gasteiger partial charge in [0.05, 0.1) is 10.9 Å². The normalized spacial score (nSPS) is 17.0. The number of sulfonamides is 1. The maximum Gasteiger partial charge on any atom is 0.414 e. The highest BCUT2D eigenvalue weighted by molar-refractivity contribution is 7.89. The molecule has 10 nitrogen and oxygen atoms in total. The van der Waals surface area contributed by atoms with Crippen LogP contribution in [0.3, 0.4) is 0 Å². The van der Waals surface area contributed by atoms with E-state index in [1.54, 1.807) is 32.9 Å². The van der Waals surface area contributed by atoms with Gasteiger partial charge in [0.2, 0.25) is 0 Å². The van der Waals surface area contributed by atoms with Crippen LogP contribution in [0, 0.1) is 5.82 Å². The monoisotopic (exact) mass is 577 g/mol. The third kappa shape index (κ3) is 7.16. The van der Waals surface area contributed by atoms with Crippen molar-refractivity contribution in [2.24, 2.45) is 0 Å². The Morgan fingerprint density at radius 1 is 1.00 bits per heavy atom. The van der Waals surface area contributed by atoms with Crippen molar-refractivity contribution in [2.45, 2.75) is 69.0 Å². The molecule has 0 radical (unpaired) electrons. The van der Waals surface area contributed by atoms with E-state index in [-0.39, 0.29) is 17.1 Å². The van der Waals surface area contributed by atoms with Crippen LogP contribution < -0.4 is 10.1 Å². The molecule has 0 spiro atoms. The Hall–Kier alpha value is -3.51. The number of nitrogens with zero attached hydrogens (tertiary/aromatic N) is 2. The standard InChI is InChI=1S/C28H36FN3O7S/c1-27(2,3)39-25(34)28(4,18-19-9-13-21(14-10-19)38-26(35)31(5)6)32(24(33)23-8-7-17-30-23)40(36,37)22-15-11-20(29)12-16-22/h9-16,23,30H,7-8,17-18H2,1-6H3/t23-,28-/m0/s1.